The van der Waals surface area contributed by atoms with Gasteiger partial charge in [-0.05, 0) is 74.0 Å². The number of benzene rings is 2. The number of piperidine rings is 1. The summed E-state index contributed by atoms with van der Waals surface area (Å²) < 4.78 is 33.3. The van der Waals surface area contributed by atoms with E-state index in [0.717, 1.165) is 29.6 Å². The molecule has 0 aliphatic carbocycles. The van der Waals surface area contributed by atoms with E-state index in [1.807, 2.05) is 6.92 Å². The fourth-order valence-electron chi connectivity index (χ4n) is 4.07. The molecule has 6 heteroatoms. The number of ether oxygens (including phenoxy) is 1. The normalized spacial score (nSPS) is 18.5. The second-order valence-electron chi connectivity index (χ2n) is 7.65. The van der Waals surface area contributed by atoms with Crippen LogP contribution in [0.2, 0.25) is 0 Å². The lowest BCUT2D eigenvalue weighted by atomic mass is 9.96. The number of aromatic nitrogens is 1. The number of rotatable bonds is 4. The summed E-state index contributed by atoms with van der Waals surface area (Å²) in [4.78, 5) is 3.82. The van der Waals surface area contributed by atoms with Crippen molar-refractivity contribution in [3.8, 4) is 5.75 Å². The summed E-state index contributed by atoms with van der Waals surface area (Å²) in [7, 11) is -1.93. The highest BCUT2D eigenvalue weighted by molar-refractivity contribution is 7.89. The van der Waals surface area contributed by atoms with Crippen LogP contribution in [0.5, 0.6) is 5.75 Å². The van der Waals surface area contributed by atoms with Gasteiger partial charge >= 0.3 is 0 Å². The van der Waals surface area contributed by atoms with Gasteiger partial charge in [-0.15, -0.1) is 0 Å². The molecular formula is C22H26N2O3S. The molecule has 1 aromatic heterocycles. The predicted octanol–water partition coefficient (Wildman–Crippen LogP) is 4.36. The van der Waals surface area contributed by atoms with E-state index in [1.165, 1.54) is 10.9 Å². The minimum Gasteiger partial charge on any atom is -0.496 e. The highest BCUT2D eigenvalue weighted by atomic mass is 32.2. The number of aromatic amines is 1. The molecule has 1 N–H and O–H groups in total. The van der Waals surface area contributed by atoms with Gasteiger partial charge < -0.3 is 9.72 Å². The zero-order chi connectivity index (χ0) is 19.9. The van der Waals surface area contributed by atoms with Crippen LogP contribution in [0.1, 0.15) is 35.6 Å². The molecule has 0 spiro atoms. The number of sulfonamides is 1. The molecule has 0 bridgehead atoms. The summed E-state index contributed by atoms with van der Waals surface area (Å²) >= 11 is 0. The van der Waals surface area contributed by atoms with Crippen LogP contribution in [-0.2, 0) is 10.0 Å². The van der Waals surface area contributed by atoms with Crippen molar-refractivity contribution in [1.82, 2.24) is 9.29 Å². The topological polar surface area (TPSA) is 62.4 Å². The summed E-state index contributed by atoms with van der Waals surface area (Å²) in [6.07, 6.45) is 1.84. The van der Waals surface area contributed by atoms with Gasteiger partial charge in [0, 0.05) is 30.2 Å². The third-order valence-corrected chi connectivity index (χ3v) is 7.49. The molecule has 4 rings (SSSR count). The van der Waals surface area contributed by atoms with E-state index >= 15 is 0 Å². The molecule has 1 fully saturated rings. The summed E-state index contributed by atoms with van der Waals surface area (Å²) in [5.74, 6) is 0.874. The summed E-state index contributed by atoms with van der Waals surface area (Å²) in [6.45, 7) is 5.00. The van der Waals surface area contributed by atoms with E-state index in [9.17, 15) is 8.42 Å². The molecule has 0 saturated carbocycles. The standard InChI is InChI=1S/C22H26N2O3S/c1-15-6-8-20-18(11-15)13-21(23-20)17-5-4-10-24(14-17)28(25,26)19-7-9-22(27-3)16(2)12-19/h6-9,11-13,17,23H,4-5,10,14H2,1-3H3. The monoisotopic (exact) mass is 398 g/mol. The van der Waals surface area contributed by atoms with Crippen molar-refractivity contribution in [1.29, 1.82) is 0 Å². The predicted molar refractivity (Wildman–Crippen MR) is 112 cm³/mol. The Balaban J connectivity index is 1.61. The quantitative estimate of drug-likeness (QED) is 0.710. The third-order valence-electron chi connectivity index (χ3n) is 5.63. The van der Waals surface area contributed by atoms with Gasteiger partial charge in [-0.25, -0.2) is 8.42 Å². The number of H-pyrrole nitrogens is 1. The maximum atomic E-state index is 13.2. The van der Waals surface area contributed by atoms with Gasteiger partial charge in [0.2, 0.25) is 10.0 Å². The van der Waals surface area contributed by atoms with Crippen molar-refractivity contribution in [3.05, 3.63) is 59.3 Å². The molecule has 1 aliphatic heterocycles. The number of methoxy groups -OCH3 is 1. The second kappa shape index (κ2) is 7.26. The van der Waals surface area contributed by atoms with Crippen LogP contribution < -0.4 is 4.74 Å². The maximum absolute atomic E-state index is 13.2. The first kappa shape index (κ1) is 19.0. The van der Waals surface area contributed by atoms with E-state index in [0.29, 0.717) is 23.7 Å². The Kier molecular flexibility index (Phi) is 4.93. The van der Waals surface area contributed by atoms with Gasteiger partial charge in [-0.3, -0.25) is 0 Å². The Morgan fingerprint density at radius 2 is 1.93 bits per heavy atom. The van der Waals surface area contributed by atoms with Gasteiger partial charge in [-0.2, -0.15) is 4.31 Å². The smallest absolute Gasteiger partial charge is 0.243 e. The number of nitrogens with zero attached hydrogens (tertiary/aromatic N) is 1. The number of nitrogens with one attached hydrogen (secondary N) is 1. The fraction of sp³-hybridized carbons (Fsp3) is 0.364. The average molecular weight is 399 g/mol. The summed E-state index contributed by atoms with van der Waals surface area (Å²) in [6, 6.07) is 13.6. The number of aryl methyl sites for hydroxylation is 2. The molecule has 2 heterocycles. The van der Waals surface area contributed by atoms with E-state index in [1.54, 1.807) is 29.6 Å². The molecular weight excluding hydrogens is 372 g/mol. The van der Waals surface area contributed by atoms with Crippen molar-refractivity contribution in [2.45, 2.75) is 37.5 Å². The Morgan fingerprint density at radius 1 is 1.11 bits per heavy atom. The van der Waals surface area contributed by atoms with Crippen LogP contribution >= 0.6 is 0 Å². The second-order valence-corrected chi connectivity index (χ2v) is 9.59. The highest BCUT2D eigenvalue weighted by Gasteiger charge is 2.31. The zero-order valence-corrected chi connectivity index (χ0v) is 17.3. The lowest BCUT2D eigenvalue weighted by Gasteiger charge is -2.31. The van der Waals surface area contributed by atoms with Gasteiger partial charge in [0.1, 0.15) is 5.75 Å². The van der Waals surface area contributed by atoms with Crippen molar-refractivity contribution >= 4 is 20.9 Å². The van der Waals surface area contributed by atoms with Crippen LogP contribution in [-0.4, -0.2) is 37.9 Å². The largest absolute Gasteiger partial charge is 0.496 e. The molecule has 148 valence electrons. The molecule has 1 aliphatic rings. The van der Waals surface area contributed by atoms with Crippen molar-refractivity contribution in [3.63, 3.8) is 0 Å². The van der Waals surface area contributed by atoms with E-state index < -0.39 is 10.0 Å². The number of hydrogen-bond donors (Lipinski definition) is 1. The summed E-state index contributed by atoms with van der Waals surface area (Å²) in [5, 5.41) is 1.18. The SMILES string of the molecule is COc1ccc(S(=O)(=O)N2CCCC(c3cc4cc(C)ccc4[nH]3)C2)cc1C. The Morgan fingerprint density at radius 3 is 2.68 bits per heavy atom. The van der Waals surface area contributed by atoms with Crippen molar-refractivity contribution in [2.75, 3.05) is 20.2 Å². The Labute approximate surface area is 166 Å². The third kappa shape index (κ3) is 3.42. The molecule has 1 saturated heterocycles. The molecule has 5 nitrogen and oxygen atoms in total. The van der Waals surface area contributed by atoms with Crippen LogP contribution in [0.3, 0.4) is 0 Å². The average Bonchev–Trinajstić information content (AvgIpc) is 3.11. The highest BCUT2D eigenvalue weighted by Crippen LogP contribution is 2.32. The van der Waals surface area contributed by atoms with E-state index in [-0.39, 0.29) is 5.92 Å². The maximum Gasteiger partial charge on any atom is 0.243 e. The zero-order valence-electron chi connectivity index (χ0n) is 16.5. The Bertz CT molecular complexity index is 1120. The van der Waals surface area contributed by atoms with E-state index in [4.69, 9.17) is 4.74 Å². The van der Waals surface area contributed by atoms with Crippen LogP contribution in [0.4, 0.5) is 0 Å². The van der Waals surface area contributed by atoms with Crippen LogP contribution in [0.15, 0.2) is 47.4 Å². The first-order valence-corrected chi connectivity index (χ1v) is 11.1. The minimum absolute atomic E-state index is 0.176. The first-order chi connectivity index (χ1) is 13.4. The minimum atomic E-state index is -3.52. The molecule has 1 atom stereocenters. The Hall–Kier alpha value is -2.31. The van der Waals surface area contributed by atoms with Crippen molar-refractivity contribution < 1.29 is 13.2 Å². The van der Waals surface area contributed by atoms with Gasteiger partial charge in [0.05, 0.1) is 12.0 Å². The molecule has 28 heavy (non-hydrogen) atoms. The molecule has 1 unspecified atom stereocenters. The van der Waals surface area contributed by atoms with E-state index in [2.05, 4.69) is 36.2 Å². The summed E-state index contributed by atoms with van der Waals surface area (Å²) in [5.41, 5.74) is 4.27. The van der Waals surface area contributed by atoms with Crippen molar-refractivity contribution in [2.24, 2.45) is 0 Å². The van der Waals surface area contributed by atoms with Gasteiger partial charge in [0.15, 0.2) is 0 Å². The lowest BCUT2D eigenvalue weighted by Crippen LogP contribution is -2.39. The van der Waals surface area contributed by atoms with Crippen LogP contribution in [0.25, 0.3) is 10.9 Å². The van der Waals surface area contributed by atoms with Gasteiger partial charge in [0.25, 0.3) is 0 Å². The van der Waals surface area contributed by atoms with Gasteiger partial charge in [-0.1, -0.05) is 11.6 Å². The fourth-order valence-corrected chi connectivity index (χ4v) is 5.68. The first-order valence-electron chi connectivity index (χ1n) is 9.62. The molecule has 2 aromatic carbocycles. The van der Waals surface area contributed by atoms with Crippen LogP contribution in [0, 0.1) is 13.8 Å². The number of hydrogen-bond acceptors (Lipinski definition) is 3. The lowest BCUT2D eigenvalue weighted by molar-refractivity contribution is 0.313. The molecule has 0 amide bonds. The molecule has 3 aromatic rings. The molecule has 0 radical (unpaired) electrons. The number of fused-ring (bicyclic) bond motifs is 1.